The molecule has 2 aromatic carbocycles. The number of hydrogen-bond donors (Lipinski definition) is 2. The zero-order valence-electron chi connectivity index (χ0n) is 22.4. The Hall–Kier alpha value is -3.18. The number of hydrogen-bond acceptors (Lipinski definition) is 9. The average molecular weight is 579 g/mol. The molecule has 0 spiro atoms. The summed E-state index contributed by atoms with van der Waals surface area (Å²) in [6, 6.07) is 15.9. The molecule has 0 saturated carbocycles. The Morgan fingerprint density at radius 2 is 1.69 bits per heavy atom. The number of anilines is 1. The van der Waals surface area contributed by atoms with Gasteiger partial charge in [-0.15, -0.1) is 12.4 Å². The predicted molar refractivity (Wildman–Crippen MR) is 143 cm³/mol. The second-order valence-electron chi connectivity index (χ2n) is 8.44. The van der Waals surface area contributed by atoms with Crippen molar-refractivity contribution in [2.45, 2.75) is 34.6 Å². The standard InChI is InChI=1S/C28H30N2O3.ClHO4.ClH/c1-6-29-23-15-25-21(13-17(23)4)27(19-11-9-10-12-20(19)28(31)32-8-3)22-14-18(5)24(30-7-2)16-26(22)33-25;2-1(3,4)5;/h9-16,29H,6-8H2,1-5H3;(H,2,3,4,5);1H. The minimum atomic E-state index is -4.69. The Morgan fingerprint density at radius 1 is 1.03 bits per heavy atom. The first-order chi connectivity index (χ1) is 18.0. The minimum Gasteiger partial charge on any atom is -0.462 e. The van der Waals surface area contributed by atoms with Gasteiger partial charge in [-0.1, -0.05) is 18.2 Å². The minimum absolute atomic E-state index is 0. The number of carbonyl (C=O) groups excluding carboxylic acids is 1. The lowest BCUT2D eigenvalue weighted by atomic mass is 9.89. The Labute approximate surface area is 235 Å². The lowest BCUT2D eigenvalue weighted by Gasteiger charge is -2.19. The molecule has 1 heterocycles. The quantitative estimate of drug-likeness (QED) is 0.261. The van der Waals surface area contributed by atoms with E-state index in [2.05, 4.69) is 43.2 Å². The van der Waals surface area contributed by atoms with Crippen LogP contribution in [0.25, 0.3) is 33.4 Å². The topological polar surface area (TPSA) is 153 Å². The van der Waals surface area contributed by atoms with Gasteiger partial charge in [-0.2, -0.15) is 14.0 Å². The molecule has 0 fully saturated rings. The van der Waals surface area contributed by atoms with Gasteiger partial charge in [0.2, 0.25) is 0 Å². The maximum absolute atomic E-state index is 12.9. The van der Waals surface area contributed by atoms with Crippen LogP contribution < -0.4 is 24.7 Å². The molecule has 0 atom stereocenters. The Morgan fingerprint density at radius 3 is 2.31 bits per heavy atom. The van der Waals surface area contributed by atoms with E-state index >= 15 is 0 Å². The third-order valence-corrected chi connectivity index (χ3v) is 5.77. The number of fused-ring (bicyclic) bond motifs is 2. The molecule has 0 bridgehead atoms. The van der Waals surface area contributed by atoms with Crippen molar-refractivity contribution in [1.29, 1.82) is 0 Å². The fraction of sp³-hybridized carbons (Fsp3) is 0.286. The highest BCUT2D eigenvalue weighted by atomic mass is 35.7. The van der Waals surface area contributed by atoms with E-state index in [0.717, 1.165) is 62.1 Å². The largest absolute Gasteiger partial charge is 0.462 e. The zero-order chi connectivity index (χ0) is 28.0. The Kier molecular flexibility index (Phi) is 11.3. The van der Waals surface area contributed by atoms with Gasteiger partial charge in [-0.05, 0) is 69.5 Å². The van der Waals surface area contributed by atoms with Crippen LogP contribution in [0.2, 0.25) is 0 Å². The normalized spacial score (nSPS) is 11.6. The summed E-state index contributed by atoms with van der Waals surface area (Å²) in [7, 11) is -4.69. The summed E-state index contributed by atoms with van der Waals surface area (Å²) in [5.41, 5.74) is 7.25. The Bertz CT molecular complexity index is 1470. The molecule has 210 valence electrons. The number of esters is 1. The average Bonchev–Trinajstić information content (AvgIpc) is 2.84. The summed E-state index contributed by atoms with van der Waals surface area (Å²) in [5, 5.41) is 5.28. The van der Waals surface area contributed by atoms with E-state index < -0.39 is 10.2 Å². The lowest BCUT2D eigenvalue weighted by Crippen LogP contribution is -2.58. The molecule has 2 N–H and O–H groups in total. The second-order valence-corrected chi connectivity index (χ2v) is 9.23. The van der Waals surface area contributed by atoms with E-state index in [1.54, 1.807) is 0 Å². The summed E-state index contributed by atoms with van der Waals surface area (Å²) >= 11 is 0. The molecule has 0 amide bonds. The smallest absolute Gasteiger partial charge is 0.338 e. The number of benzene rings is 3. The van der Waals surface area contributed by atoms with Crippen molar-refractivity contribution >= 4 is 35.0 Å². The molecule has 0 radical (unpaired) electrons. The van der Waals surface area contributed by atoms with Crippen LogP contribution in [0.4, 0.5) is 5.69 Å². The summed E-state index contributed by atoms with van der Waals surface area (Å²) in [4.78, 5) is 17.5. The van der Waals surface area contributed by atoms with Gasteiger partial charge >= 0.3 is 5.97 Å². The summed E-state index contributed by atoms with van der Waals surface area (Å²) in [5.74, 6) is 0.408. The van der Waals surface area contributed by atoms with E-state index in [-0.39, 0.29) is 18.4 Å². The van der Waals surface area contributed by atoms with Crippen molar-refractivity contribution < 1.29 is 42.8 Å². The van der Waals surface area contributed by atoms with Crippen LogP contribution in [-0.4, -0.2) is 30.3 Å². The summed E-state index contributed by atoms with van der Waals surface area (Å²) < 4.78 is 44.5. The van der Waals surface area contributed by atoms with Gasteiger partial charge in [0.15, 0.2) is 0 Å². The maximum atomic E-state index is 12.9. The van der Waals surface area contributed by atoms with E-state index in [4.69, 9.17) is 27.8 Å². The van der Waals surface area contributed by atoms with Gasteiger partial charge in [0.25, 0.3) is 0 Å². The number of halogens is 2. The highest BCUT2D eigenvalue weighted by Crippen LogP contribution is 2.43. The van der Waals surface area contributed by atoms with Crippen molar-refractivity contribution in [1.82, 2.24) is 0 Å². The van der Waals surface area contributed by atoms with Gasteiger partial charge in [0, 0.05) is 47.4 Å². The van der Waals surface area contributed by atoms with Crippen molar-refractivity contribution in [2.75, 3.05) is 25.0 Å². The third kappa shape index (κ3) is 7.92. The number of rotatable bonds is 6. The zero-order valence-corrected chi connectivity index (χ0v) is 23.9. The van der Waals surface area contributed by atoms with Gasteiger partial charge in [-0.3, -0.25) is 4.99 Å². The van der Waals surface area contributed by atoms with E-state index in [0.29, 0.717) is 18.7 Å². The monoisotopic (exact) mass is 578 g/mol. The van der Waals surface area contributed by atoms with Crippen LogP contribution in [0.3, 0.4) is 0 Å². The Balaban J connectivity index is 0.000000816. The van der Waals surface area contributed by atoms with Crippen LogP contribution in [0.1, 0.15) is 42.3 Å². The highest BCUT2D eigenvalue weighted by molar-refractivity contribution is 6.08. The van der Waals surface area contributed by atoms with E-state index in [1.807, 2.05) is 50.2 Å². The number of aryl methyl sites for hydroxylation is 2. The van der Waals surface area contributed by atoms with Gasteiger partial charge in [-0.25, -0.2) is 4.79 Å². The van der Waals surface area contributed by atoms with Crippen molar-refractivity contribution in [3.8, 4) is 22.5 Å². The first kappa shape index (κ1) is 32.0. The number of ether oxygens (including phenoxy) is 1. The molecule has 9 nitrogen and oxygen atoms in total. The van der Waals surface area contributed by atoms with Crippen LogP contribution >= 0.6 is 12.4 Å². The van der Waals surface area contributed by atoms with Crippen molar-refractivity contribution in [3.05, 3.63) is 70.6 Å². The molecule has 0 aromatic heterocycles. The van der Waals surface area contributed by atoms with E-state index in [1.165, 1.54) is 0 Å². The van der Waals surface area contributed by atoms with Crippen LogP contribution in [0.15, 0.2) is 57.9 Å². The third-order valence-electron chi connectivity index (χ3n) is 5.77. The van der Waals surface area contributed by atoms with Crippen molar-refractivity contribution in [3.63, 3.8) is 0 Å². The van der Waals surface area contributed by atoms with Gasteiger partial charge < -0.3 is 14.5 Å². The molecule has 4 rings (SSSR count). The van der Waals surface area contributed by atoms with Gasteiger partial charge in [0.1, 0.15) is 11.3 Å². The number of nitrogens with one attached hydrogen (secondary N) is 1. The molecule has 2 aromatic rings. The first-order valence-electron chi connectivity index (χ1n) is 12.1. The predicted octanol–water partition coefficient (Wildman–Crippen LogP) is 2.65. The molecule has 1 aliphatic carbocycles. The molecular weight excluding hydrogens is 547 g/mol. The molecule has 0 saturated heterocycles. The fourth-order valence-electron chi connectivity index (χ4n) is 4.29. The van der Waals surface area contributed by atoms with E-state index in [9.17, 15) is 4.79 Å². The van der Waals surface area contributed by atoms with Crippen LogP contribution in [0.5, 0.6) is 0 Å². The van der Waals surface area contributed by atoms with Gasteiger partial charge in [0.05, 0.1) is 32.4 Å². The molecular formula is C28H32Cl2N2O7. The molecule has 0 unspecified atom stereocenters. The van der Waals surface area contributed by atoms with Crippen molar-refractivity contribution in [2.24, 2.45) is 4.99 Å². The maximum Gasteiger partial charge on any atom is 0.338 e. The molecule has 2 aliphatic rings. The molecule has 39 heavy (non-hydrogen) atoms. The fourth-order valence-corrected chi connectivity index (χ4v) is 4.29. The summed E-state index contributed by atoms with van der Waals surface area (Å²) in [6.07, 6.45) is 0. The van der Waals surface area contributed by atoms with Crippen LogP contribution in [0, 0.1) is 24.1 Å². The lowest BCUT2D eigenvalue weighted by molar-refractivity contribution is -1.92. The number of carbonyl (C=O) groups is 1. The summed E-state index contributed by atoms with van der Waals surface area (Å²) in [6.45, 7) is 11.9. The molecule has 1 aliphatic heterocycles. The second kappa shape index (κ2) is 13.7. The highest BCUT2D eigenvalue weighted by Gasteiger charge is 2.23. The number of nitrogens with zero attached hydrogens (tertiary/aromatic N) is 1. The first-order valence-corrected chi connectivity index (χ1v) is 13.4. The SMILES string of the molecule is CCN=c1cc2oc3cc(NCC)c(C)cc3c(-c3ccccc3C(=O)OCC)c-2cc1C.Cl.[O-][Cl+3]([O-])([O-])O. The molecule has 11 heteroatoms. The van der Waals surface area contributed by atoms with Crippen LogP contribution in [-0.2, 0) is 4.74 Å².